The highest BCUT2D eigenvalue weighted by atomic mass is 127. The van der Waals surface area contributed by atoms with Crippen LogP contribution in [0.2, 0.25) is 0 Å². The predicted molar refractivity (Wildman–Crippen MR) is 98.4 cm³/mol. The van der Waals surface area contributed by atoms with Crippen LogP contribution in [0.4, 0.5) is 0 Å². The van der Waals surface area contributed by atoms with E-state index in [2.05, 4.69) is 33.1 Å². The minimum absolute atomic E-state index is 0.249. The average molecular weight is 424 g/mol. The molecule has 5 nitrogen and oxygen atoms in total. The van der Waals surface area contributed by atoms with Crippen molar-refractivity contribution in [3.8, 4) is 11.5 Å². The van der Waals surface area contributed by atoms with Gasteiger partial charge in [0.2, 0.25) is 0 Å². The molecule has 120 valence electrons. The van der Waals surface area contributed by atoms with Crippen molar-refractivity contribution < 1.29 is 14.3 Å². The van der Waals surface area contributed by atoms with Crippen molar-refractivity contribution in [1.82, 2.24) is 5.43 Å². The minimum Gasteiger partial charge on any atom is -0.493 e. The van der Waals surface area contributed by atoms with Gasteiger partial charge in [-0.3, -0.25) is 4.79 Å². The van der Waals surface area contributed by atoms with E-state index in [-0.39, 0.29) is 5.91 Å². The standard InChI is InChI=1S/C17H17IN2O3/c1-11(13-6-9-15(22-2)16(10-13)23-3)19-20-17(21)12-4-7-14(18)8-5-12/h4-10H,1-3H3,(H,20,21)/b19-11-. The SMILES string of the molecule is COc1ccc(/C(C)=N\NC(=O)c2ccc(I)cc2)cc1OC. The van der Waals surface area contributed by atoms with E-state index in [4.69, 9.17) is 9.47 Å². The summed E-state index contributed by atoms with van der Waals surface area (Å²) in [5.74, 6) is 1.01. The number of amides is 1. The van der Waals surface area contributed by atoms with E-state index in [0.717, 1.165) is 9.13 Å². The summed E-state index contributed by atoms with van der Waals surface area (Å²) in [6.45, 7) is 1.81. The highest BCUT2D eigenvalue weighted by molar-refractivity contribution is 14.1. The maximum absolute atomic E-state index is 12.0. The van der Waals surface area contributed by atoms with Crippen LogP contribution < -0.4 is 14.9 Å². The van der Waals surface area contributed by atoms with Crippen LogP contribution in [0.15, 0.2) is 47.6 Å². The zero-order valence-electron chi connectivity index (χ0n) is 13.1. The Kier molecular flexibility index (Phi) is 5.97. The lowest BCUT2D eigenvalue weighted by Crippen LogP contribution is -2.19. The van der Waals surface area contributed by atoms with E-state index >= 15 is 0 Å². The fraction of sp³-hybridized carbons (Fsp3) is 0.176. The van der Waals surface area contributed by atoms with E-state index < -0.39 is 0 Å². The molecule has 6 heteroatoms. The third-order valence-electron chi connectivity index (χ3n) is 3.23. The number of hydrazone groups is 1. The Morgan fingerprint density at radius 3 is 2.22 bits per heavy atom. The van der Waals surface area contributed by atoms with Crippen LogP contribution in [0.1, 0.15) is 22.8 Å². The molecular formula is C17H17IN2O3. The molecule has 0 saturated carbocycles. The molecule has 0 unspecified atom stereocenters. The van der Waals surface area contributed by atoms with Gasteiger partial charge in [-0.05, 0) is 72.0 Å². The third kappa shape index (κ3) is 4.44. The first-order valence-corrected chi connectivity index (χ1v) is 7.95. The van der Waals surface area contributed by atoms with Crippen molar-refractivity contribution in [2.24, 2.45) is 5.10 Å². The molecule has 0 bridgehead atoms. The average Bonchev–Trinajstić information content (AvgIpc) is 2.59. The van der Waals surface area contributed by atoms with Gasteiger partial charge in [-0.2, -0.15) is 5.10 Å². The molecule has 0 saturated heterocycles. The molecule has 0 atom stereocenters. The second-order valence-corrected chi connectivity index (χ2v) is 5.96. The summed E-state index contributed by atoms with van der Waals surface area (Å²) in [4.78, 5) is 12.0. The molecule has 23 heavy (non-hydrogen) atoms. The summed E-state index contributed by atoms with van der Waals surface area (Å²) in [6.07, 6.45) is 0. The fourth-order valence-electron chi connectivity index (χ4n) is 1.93. The zero-order chi connectivity index (χ0) is 16.8. The van der Waals surface area contributed by atoms with Gasteiger partial charge in [-0.1, -0.05) is 0 Å². The van der Waals surface area contributed by atoms with E-state index in [1.165, 1.54) is 0 Å². The maximum atomic E-state index is 12.0. The van der Waals surface area contributed by atoms with Gasteiger partial charge in [0.05, 0.1) is 19.9 Å². The number of hydrogen-bond acceptors (Lipinski definition) is 4. The maximum Gasteiger partial charge on any atom is 0.271 e. The van der Waals surface area contributed by atoms with Crippen molar-refractivity contribution in [1.29, 1.82) is 0 Å². The normalized spacial score (nSPS) is 11.0. The Hall–Kier alpha value is -2.09. The van der Waals surface area contributed by atoms with Crippen molar-refractivity contribution in [2.45, 2.75) is 6.92 Å². The number of carbonyl (C=O) groups excluding carboxylic acids is 1. The lowest BCUT2D eigenvalue weighted by atomic mass is 10.1. The molecule has 2 rings (SSSR count). The van der Waals surface area contributed by atoms with Crippen LogP contribution in [0, 0.1) is 3.57 Å². The summed E-state index contributed by atoms with van der Waals surface area (Å²) in [7, 11) is 3.16. The molecule has 0 aliphatic rings. The Bertz CT molecular complexity index is 727. The number of halogens is 1. The number of carbonyl (C=O) groups is 1. The van der Waals surface area contributed by atoms with E-state index in [1.54, 1.807) is 32.4 Å². The highest BCUT2D eigenvalue weighted by Crippen LogP contribution is 2.27. The molecule has 2 aromatic rings. The number of ether oxygens (including phenoxy) is 2. The summed E-state index contributed by atoms with van der Waals surface area (Å²) < 4.78 is 11.5. The smallest absolute Gasteiger partial charge is 0.271 e. The fourth-order valence-corrected chi connectivity index (χ4v) is 2.29. The van der Waals surface area contributed by atoms with Crippen molar-refractivity contribution in [3.63, 3.8) is 0 Å². The van der Waals surface area contributed by atoms with Crippen molar-refractivity contribution in [2.75, 3.05) is 14.2 Å². The van der Waals surface area contributed by atoms with Gasteiger partial charge in [0, 0.05) is 14.7 Å². The molecule has 0 spiro atoms. The Morgan fingerprint density at radius 2 is 1.61 bits per heavy atom. The molecule has 0 fully saturated rings. The monoisotopic (exact) mass is 424 g/mol. The first-order chi connectivity index (χ1) is 11.0. The quantitative estimate of drug-likeness (QED) is 0.455. The molecule has 0 radical (unpaired) electrons. The Labute approximate surface area is 148 Å². The number of nitrogens with one attached hydrogen (secondary N) is 1. The van der Waals surface area contributed by atoms with Gasteiger partial charge in [-0.15, -0.1) is 0 Å². The largest absolute Gasteiger partial charge is 0.493 e. The molecule has 0 aromatic heterocycles. The molecule has 1 N–H and O–H groups in total. The van der Waals surface area contributed by atoms with Gasteiger partial charge in [0.15, 0.2) is 11.5 Å². The van der Waals surface area contributed by atoms with Gasteiger partial charge in [-0.25, -0.2) is 5.43 Å². The highest BCUT2D eigenvalue weighted by Gasteiger charge is 2.08. The van der Waals surface area contributed by atoms with Crippen molar-refractivity contribution in [3.05, 3.63) is 57.2 Å². The molecule has 1 amide bonds. The summed E-state index contributed by atoms with van der Waals surface area (Å²) in [5.41, 5.74) is 4.63. The number of rotatable bonds is 5. The van der Waals surface area contributed by atoms with Crippen LogP contribution >= 0.6 is 22.6 Å². The lowest BCUT2D eigenvalue weighted by molar-refractivity contribution is 0.0955. The number of nitrogens with zero attached hydrogens (tertiary/aromatic N) is 1. The topological polar surface area (TPSA) is 59.9 Å². The van der Waals surface area contributed by atoms with E-state index in [0.29, 0.717) is 22.8 Å². The Morgan fingerprint density at radius 1 is 1.00 bits per heavy atom. The lowest BCUT2D eigenvalue weighted by Gasteiger charge is -2.09. The molecule has 0 heterocycles. The first-order valence-electron chi connectivity index (χ1n) is 6.87. The molecule has 0 aliphatic carbocycles. The predicted octanol–water partition coefficient (Wildman–Crippen LogP) is 3.46. The summed E-state index contributed by atoms with van der Waals surface area (Å²) in [6, 6.07) is 12.7. The van der Waals surface area contributed by atoms with E-state index in [9.17, 15) is 4.79 Å². The Balaban J connectivity index is 2.13. The van der Waals surface area contributed by atoms with Gasteiger partial charge < -0.3 is 9.47 Å². The van der Waals surface area contributed by atoms with E-state index in [1.807, 2.05) is 31.2 Å². The van der Waals surface area contributed by atoms with Crippen LogP contribution in [0.3, 0.4) is 0 Å². The van der Waals surface area contributed by atoms with Gasteiger partial charge in [0.1, 0.15) is 0 Å². The third-order valence-corrected chi connectivity index (χ3v) is 3.95. The zero-order valence-corrected chi connectivity index (χ0v) is 15.2. The van der Waals surface area contributed by atoms with Gasteiger partial charge in [0.25, 0.3) is 5.91 Å². The molecular weight excluding hydrogens is 407 g/mol. The number of benzene rings is 2. The first kappa shape index (κ1) is 17.3. The minimum atomic E-state index is -0.249. The summed E-state index contributed by atoms with van der Waals surface area (Å²) in [5, 5.41) is 4.14. The van der Waals surface area contributed by atoms with Crippen LogP contribution in [-0.2, 0) is 0 Å². The number of methoxy groups -OCH3 is 2. The molecule has 2 aromatic carbocycles. The summed E-state index contributed by atoms with van der Waals surface area (Å²) >= 11 is 2.19. The van der Waals surface area contributed by atoms with Crippen LogP contribution in [0.5, 0.6) is 11.5 Å². The van der Waals surface area contributed by atoms with Crippen LogP contribution in [0.25, 0.3) is 0 Å². The second-order valence-electron chi connectivity index (χ2n) is 4.71. The van der Waals surface area contributed by atoms with Crippen molar-refractivity contribution >= 4 is 34.2 Å². The second kappa shape index (κ2) is 7.96. The van der Waals surface area contributed by atoms with Gasteiger partial charge >= 0.3 is 0 Å². The molecule has 0 aliphatic heterocycles. The number of hydrogen-bond donors (Lipinski definition) is 1. The van der Waals surface area contributed by atoms with Crippen LogP contribution in [-0.4, -0.2) is 25.8 Å².